The van der Waals surface area contributed by atoms with E-state index in [0.717, 1.165) is 22.6 Å². The van der Waals surface area contributed by atoms with E-state index in [4.69, 9.17) is 9.47 Å². The molecule has 0 spiro atoms. The zero-order valence-corrected chi connectivity index (χ0v) is 13.9. The van der Waals surface area contributed by atoms with E-state index < -0.39 is 0 Å². The monoisotopic (exact) mass is 314 g/mol. The van der Waals surface area contributed by atoms with E-state index in [9.17, 15) is 4.79 Å². The number of benzene rings is 2. The minimum absolute atomic E-state index is 0.174. The first-order chi connectivity index (χ1) is 11.0. The number of anilines is 1. The molecule has 2 amide bonds. The maximum Gasteiger partial charge on any atom is 0.321 e. The van der Waals surface area contributed by atoms with Crippen molar-refractivity contribution in [2.45, 2.75) is 13.5 Å². The summed E-state index contributed by atoms with van der Waals surface area (Å²) in [5.41, 5.74) is 2.84. The number of methoxy groups -OCH3 is 2. The number of nitrogens with zero attached hydrogens (tertiary/aromatic N) is 1. The smallest absolute Gasteiger partial charge is 0.321 e. The lowest BCUT2D eigenvalue weighted by atomic mass is 10.2. The number of carbonyl (C=O) groups is 1. The Hall–Kier alpha value is -2.69. The van der Waals surface area contributed by atoms with Crippen molar-refractivity contribution in [3.63, 3.8) is 0 Å². The second kappa shape index (κ2) is 7.54. The van der Waals surface area contributed by atoms with Gasteiger partial charge in [0.2, 0.25) is 0 Å². The quantitative estimate of drug-likeness (QED) is 0.916. The van der Waals surface area contributed by atoms with Gasteiger partial charge in [-0.15, -0.1) is 0 Å². The number of urea groups is 1. The molecule has 5 nitrogen and oxygen atoms in total. The normalized spacial score (nSPS) is 10.1. The number of rotatable bonds is 5. The second-order valence-corrected chi connectivity index (χ2v) is 5.33. The van der Waals surface area contributed by atoms with Crippen molar-refractivity contribution < 1.29 is 14.3 Å². The van der Waals surface area contributed by atoms with Gasteiger partial charge in [-0.25, -0.2) is 4.79 Å². The van der Waals surface area contributed by atoms with Crippen molar-refractivity contribution in [2.24, 2.45) is 0 Å². The predicted molar refractivity (Wildman–Crippen MR) is 91.2 cm³/mol. The first-order valence-electron chi connectivity index (χ1n) is 7.33. The Balaban J connectivity index is 2.04. The van der Waals surface area contributed by atoms with Crippen LogP contribution in [0.2, 0.25) is 0 Å². The number of hydrogen-bond donors (Lipinski definition) is 1. The summed E-state index contributed by atoms with van der Waals surface area (Å²) < 4.78 is 10.5. The zero-order chi connectivity index (χ0) is 16.8. The molecule has 0 heterocycles. The van der Waals surface area contributed by atoms with Crippen LogP contribution < -0.4 is 14.8 Å². The topological polar surface area (TPSA) is 50.8 Å². The summed E-state index contributed by atoms with van der Waals surface area (Å²) in [6.45, 7) is 2.44. The molecular weight excluding hydrogens is 292 g/mol. The fourth-order valence-electron chi connectivity index (χ4n) is 2.17. The Bertz CT molecular complexity index is 668. The number of amides is 2. The number of carbonyl (C=O) groups excluding carboxylic acids is 1. The third-order valence-corrected chi connectivity index (χ3v) is 3.55. The molecule has 0 saturated carbocycles. The number of aryl methyl sites for hydroxylation is 1. The molecule has 0 fully saturated rings. The standard InChI is InChI=1S/C18H22N2O3/c1-13-5-8-15(9-6-13)19-18(21)20(2)12-14-7-10-16(22-3)11-17(14)23-4/h5-11H,12H2,1-4H3,(H,19,21). The highest BCUT2D eigenvalue weighted by Gasteiger charge is 2.13. The molecule has 0 atom stereocenters. The van der Waals surface area contributed by atoms with Gasteiger partial charge < -0.3 is 19.7 Å². The summed E-state index contributed by atoms with van der Waals surface area (Å²) >= 11 is 0. The Morgan fingerprint density at radius 3 is 2.39 bits per heavy atom. The molecule has 0 radical (unpaired) electrons. The Labute approximate surface area is 136 Å². The van der Waals surface area contributed by atoms with Gasteiger partial charge in [0.1, 0.15) is 11.5 Å². The van der Waals surface area contributed by atoms with Crippen LogP contribution in [-0.4, -0.2) is 32.2 Å². The van der Waals surface area contributed by atoms with E-state index in [1.54, 1.807) is 32.2 Å². The maximum absolute atomic E-state index is 12.3. The fourth-order valence-corrected chi connectivity index (χ4v) is 2.17. The molecule has 122 valence electrons. The molecule has 2 rings (SSSR count). The number of hydrogen-bond acceptors (Lipinski definition) is 3. The average Bonchev–Trinajstić information content (AvgIpc) is 2.57. The van der Waals surface area contributed by atoms with Crippen LogP contribution in [0.5, 0.6) is 11.5 Å². The molecule has 0 unspecified atom stereocenters. The van der Waals surface area contributed by atoms with Crippen molar-refractivity contribution in [3.8, 4) is 11.5 Å². The molecule has 0 saturated heterocycles. The lowest BCUT2D eigenvalue weighted by Gasteiger charge is -2.20. The van der Waals surface area contributed by atoms with Crippen LogP contribution in [0.25, 0.3) is 0 Å². The fraction of sp³-hybridized carbons (Fsp3) is 0.278. The molecule has 2 aromatic rings. The molecule has 23 heavy (non-hydrogen) atoms. The molecule has 2 aromatic carbocycles. The molecule has 0 aromatic heterocycles. The highest BCUT2D eigenvalue weighted by Crippen LogP contribution is 2.25. The molecule has 0 aliphatic rings. The summed E-state index contributed by atoms with van der Waals surface area (Å²) in [6.07, 6.45) is 0. The minimum atomic E-state index is -0.174. The second-order valence-electron chi connectivity index (χ2n) is 5.33. The van der Waals surface area contributed by atoms with Crippen molar-refractivity contribution >= 4 is 11.7 Å². The summed E-state index contributed by atoms with van der Waals surface area (Å²) in [5.74, 6) is 1.41. The van der Waals surface area contributed by atoms with Crippen LogP contribution in [0.1, 0.15) is 11.1 Å². The van der Waals surface area contributed by atoms with Crippen molar-refractivity contribution in [1.82, 2.24) is 4.90 Å². The van der Waals surface area contributed by atoms with Crippen LogP contribution in [0.3, 0.4) is 0 Å². The highest BCUT2D eigenvalue weighted by molar-refractivity contribution is 5.89. The van der Waals surface area contributed by atoms with E-state index in [2.05, 4.69) is 5.32 Å². The number of nitrogens with one attached hydrogen (secondary N) is 1. The van der Waals surface area contributed by atoms with Gasteiger partial charge in [-0.1, -0.05) is 17.7 Å². The highest BCUT2D eigenvalue weighted by atomic mass is 16.5. The van der Waals surface area contributed by atoms with Gasteiger partial charge >= 0.3 is 6.03 Å². The lowest BCUT2D eigenvalue weighted by molar-refractivity contribution is 0.220. The summed E-state index contributed by atoms with van der Waals surface area (Å²) in [6, 6.07) is 13.1. The first kappa shape index (κ1) is 16.7. The van der Waals surface area contributed by atoms with Gasteiger partial charge in [-0.3, -0.25) is 0 Å². The van der Waals surface area contributed by atoms with Crippen LogP contribution in [0, 0.1) is 6.92 Å². The van der Waals surface area contributed by atoms with Crippen molar-refractivity contribution in [1.29, 1.82) is 0 Å². The first-order valence-corrected chi connectivity index (χ1v) is 7.33. The molecular formula is C18H22N2O3. The van der Waals surface area contributed by atoms with E-state index in [1.165, 1.54) is 0 Å². The lowest BCUT2D eigenvalue weighted by Crippen LogP contribution is -2.30. The maximum atomic E-state index is 12.3. The van der Waals surface area contributed by atoms with Gasteiger partial charge in [0.25, 0.3) is 0 Å². The van der Waals surface area contributed by atoms with E-state index in [0.29, 0.717) is 12.3 Å². The van der Waals surface area contributed by atoms with Crippen molar-refractivity contribution in [3.05, 3.63) is 53.6 Å². The van der Waals surface area contributed by atoms with E-state index >= 15 is 0 Å². The van der Waals surface area contributed by atoms with Gasteiger partial charge in [0.15, 0.2) is 0 Å². The third-order valence-electron chi connectivity index (χ3n) is 3.55. The SMILES string of the molecule is COc1ccc(CN(C)C(=O)Nc2ccc(C)cc2)c(OC)c1. The van der Waals surface area contributed by atoms with E-state index in [1.807, 2.05) is 43.3 Å². The van der Waals surface area contributed by atoms with Gasteiger partial charge in [0, 0.05) is 24.4 Å². The van der Waals surface area contributed by atoms with Crippen LogP contribution in [-0.2, 0) is 6.54 Å². The Morgan fingerprint density at radius 1 is 1.09 bits per heavy atom. The largest absolute Gasteiger partial charge is 0.497 e. The van der Waals surface area contributed by atoms with E-state index in [-0.39, 0.29) is 6.03 Å². The van der Waals surface area contributed by atoms with Crippen LogP contribution in [0.15, 0.2) is 42.5 Å². The zero-order valence-electron chi connectivity index (χ0n) is 13.9. The summed E-state index contributed by atoms with van der Waals surface area (Å²) in [4.78, 5) is 13.9. The molecule has 0 aliphatic carbocycles. The van der Waals surface area contributed by atoms with Crippen LogP contribution >= 0.6 is 0 Å². The minimum Gasteiger partial charge on any atom is -0.497 e. The molecule has 0 bridgehead atoms. The number of ether oxygens (including phenoxy) is 2. The Kier molecular flexibility index (Phi) is 5.46. The molecule has 1 N–H and O–H groups in total. The molecule has 0 aliphatic heterocycles. The summed E-state index contributed by atoms with van der Waals surface area (Å²) in [5, 5.41) is 2.87. The average molecular weight is 314 g/mol. The summed E-state index contributed by atoms with van der Waals surface area (Å²) in [7, 11) is 4.95. The Morgan fingerprint density at radius 2 is 1.78 bits per heavy atom. The van der Waals surface area contributed by atoms with Crippen molar-refractivity contribution in [2.75, 3.05) is 26.6 Å². The molecule has 5 heteroatoms. The van der Waals surface area contributed by atoms with Gasteiger partial charge in [-0.2, -0.15) is 0 Å². The van der Waals surface area contributed by atoms with Crippen LogP contribution in [0.4, 0.5) is 10.5 Å². The van der Waals surface area contributed by atoms with Gasteiger partial charge in [-0.05, 0) is 31.2 Å². The third kappa shape index (κ3) is 4.39. The van der Waals surface area contributed by atoms with Gasteiger partial charge in [0.05, 0.1) is 20.8 Å². The predicted octanol–water partition coefficient (Wildman–Crippen LogP) is 3.68.